The van der Waals surface area contributed by atoms with Crippen LogP contribution in [0.3, 0.4) is 0 Å². The van der Waals surface area contributed by atoms with Gasteiger partial charge in [0.2, 0.25) is 0 Å². The lowest BCUT2D eigenvalue weighted by Gasteiger charge is -2.34. The van der Waals surface area contributed by atoms with E-state index < -0.39 is 0 Å². The van der Waals surface area contributed by atoms with Gasteiger partial charge < -0.3 is 10.1 Å². The average molecular weight is 258 g/mol. The van der Waals surface area contributed by atoms with Crippen LogP contribution in [0.15, 0.2) is 24.5 Å². The first-order valence-electron chi connectivity index (χ1n) is 7.04. The Morgan fingerprint density at radius 1 is 1.47 bits per heavy atom. The molecule has 1 fully saturated rings. The lowest BCUT2D eigenvalue weighted by Crippen LogP contribution is -2.45. The smallest absolute Gasteiger partial charge is 0.139 e. The number of rotatable bonds is 2. The molecule has 0 spiro atoms. The van der Waals surface area contributed by atoms with Crippen LogP contribution in [0, 0.1) is 12.8 Å². The second kappa shape index (κ2) is 4.94. The van der Waals surface area contributed by atoms with Crippen molar-refractivity contribution in [2.45, 2.75) is 32.9 Å². The molecule has 0 aromatic carbocycles. The van der Waals surface area contributed by atoms with Crippen LogP contribution in [-0.2, 0) is 6.54 Å². The van der Waals surface area contributed by atoms with E-state index in [1.54, 1.807) is 0 Å². The molecule has 0 aliphatic carbocycles. The first-order valence-corrected chi connectivity index (χ1v) is 7.04. The van der Waals surface area contributed by atoms with Gasteiger partial charge in [0, 0.05) is 38.1 Å². The highest BCUT2D eigenvalue weighted by atomic mass is 15.2. The van der Waals surface area contributed by atoms with Crippen LogP contribution in [-0.4, -0.2) is 33.4 Å². The molecule has 2 aromatic heterocycles. The molecule has 2 N–H and O–H groups in total. The Morgan fingerprint density at radius 3 is 3.05 bits per heavy atom. The van der Waals surface area contributed by atoms with Crippen LogP contribution in [0.2, 0.25) is 0 Å². The molecule has 2 unspecified atom stereocenters. The average Bonchev–Trinajstić information content (AvgIpc) is 2.78. The molecular formula is C15H22N4. The maximum atomic E-state index is 6.07. The predicted molar refractivity (Wildman–Crippen MR) is 77.0 cm³/mol. The standard InChI is InChI=1S/C15H22N4/c1-11-4-3-6-19-10-13(17-15(11)19)9-18-7-5-14(16)12(2)8-18/h3-4,6,10,12,14H,5,7-9,16H2,1-2H3. The van der Waals surface area contributed by atoms with Crippen molar-refractivity contribution in [2.75, 3.05) is 13.1 Å². The van der Waals surface area contributed by atoms with Crippen LogP contribution in [0.5, 0.6) is 0 Å². The molecule has 4 heteroatoms. The van der Waals surface area contributed by atoms with Crippen LogP contribution >= 0.6 is 0 Å². The number of nitrogens with zero attached hydrogens (tertiary/aromatic N) is 3. The van der Waals surface area contributed by atoms with Gasteiger partial charge in [-0.25, -0.2) is 4.98 Å². The topological polar surface area (TPSA) is 46.6 Å². The van der Waals surface area contributed by atoms with Crippen molar-refractivity contribution >= 4 is 5.65 Å². The zero-order chi connectivity index (χ0) is 13.4. The summed E-state index contributed by atoms with van der Waals surface area (Å²) in [5, 5.41) is 0. The highest BCUT2D eigenvalue weighted by Gasteiger charge is 2.23. The van der Waals surface area contributed by atoms with E-state index in [9.17, 15) is 0 Å². The Kier molecular flexibility index (Phi) is 3.29. The zero-order valence-corrected chi connectivity index (χ0v) is 11.7. The van der Waals surface area contributed by atoms with Gasteiger partial charge in [-0.1, -0.05) is 13.0 Å². The Balaban J connectivity index is 1.77. The molecule has 3 rings (SSSR count). The first kappa shape index (κ1) is 12.6. The van der Waals surface area contributed by atoms with Gasteiger partial charge in [0.1, 0.15) is 5.65 Å². The Labute approximate surface area is 114 Å². The van der Waals surface area contributed by atoms with E-state index in [0.29, 0.717) is 12.0 Å². The Morgan fingerprint density at radius 2 is 2.32 bits per heavy atom. The summed E-state index contributed by atoms with van der Waals surface area (Å²) < 4.78 is 2.11. The van der Waals surface area contributed by atoms with Crippen LogP contribution in [0.25, 0.3) is 5.65 Å². The quantitative estimate of drug-likeness (QED) is 0.893. The van der Waals surface area contributed by atoms with Crippen LogP contribution in [0.1, 0.15) is 24.6 Å². The minimum Gasteiger partial charge on any atom is -0.327 e. The van der Waals surface area contributed by atoms with E-state index in [1.165, 1.54) is 5.56 Å². The third kappa shape index (κ3) is 2.51. The van der Waals surface area contributed by atoms with Crippen molar-refractivity contribution in [1.82, 2.24) is 14.3 Å². The molecule has 0 amide bonds. The number of pyridine rings is 1. The first-order chi connectivity index (χ1) is 9.13. The molecule has 0 saturated carbocycles. The van der Waals surface area contributed by atoms with Gasteiger partial charge in [0.25, 0.3) is 0 Å². The lowest BCUT2D eigenvalue weighted by atomic mass is 9.95. The van der Waals surface area contributed by atoms with Crippen molar-refractivity contribution < 1.29 is 0 Å². The molecule has 1 saturated heterocycles. The number of hydrogen-bond donors (Lipinski definition) is 1. The normalized spacial score (nSPS) is 25.0. The third-order valence-corrected chi connectivity index (χ3v) is 4.17. The minimum atomic E-state index is 0.361. The zero-order valence-electron chi connectivity index (χ0n) is 11.7. The predicted octanol–water partition coefficient (Wildman–Crippen LogP) is 1.81. The van der Waals surface area contributed by atoms with E-state index in [2.05, 4.69) is 47.7 Å². The Hall–Kier alpha value is -1.39. The number of nitrogens with two attached hydrogens (primary N) is 1. The highest BCUT2D eigenvalue weighted by molar-refractivity contribution is 5.47. The number of aromatic nitrogens is 2. The number of likely N-dealkylation sites (tertiary alicyclic amines) is 1. The summed E-state index contributed by atoms with van der Waals surface area (Å²) >= 11 is 0. The van der Waals surface area contributed by atoms with Crippen molar-refractivity contribution in [3.63, 3.8) is 0 Å². The van der Waals surface area contributed by atoms with Crippen molar-refractivity contribution in [3.05, 3.63) is 35.8 Å². The molecule has 4 nitrogen and oxygen atoms in total. The molecular weight excluding hydrogens is 236 g/mol. The number of piperidine rings is 1. The summed E-state index contributed by atoms with van der Waals surface area (Å²) in [5.74, 6) is 0.576. The SMILES string of the molecule is Cc1cccn2cc(CN3CCC(N)C(C)C3)nc12. The number of fused-ring (bicyclic) bond motifs is 1. The fraction of sp³-hybridized carbons (Fsp3) is 0.533. The van der Waals surface area contributed by atoms with Gasteiger partial charge in [-0.15, -0.1) is 0 Å². The van der Waals surface area contributed by atoms with Gasteiger partial charge >= 0.3 is 0 Å². The molecule has 1 aliphatic rings. The molecule has 2 atom stereocenters. The summed E-state index contributed by atoms with van der Waals surface area (Å²) in [4.78, 5) is 7.20. The third-order valence-electron chi connectivity index (χ3n) is 4.17. The summed E-state index contributed by atoms with van der Waals surface area (Å²) in [6.07, 6.45) is 5.29. The van der Waals surface area contributed by atoms with Crippen molar-refractivity contribution in [3.8, 4) is 0 Å². The number of imidazole rings is 1. The highest BCUT2D eigenvalue weighted by Crippen LogP contribution is 2.18. The summed E-state index contributed by atoms with van der Waals surface area (Å²) in [6, 6.07) is 4.53. The maximum Gasteiger partial charge on any atom is 0.139 e. The minimum absolute atomic E-state index is 0.361. The van der Waals surface area contributed by atoms with Gasteiger partial charge in [0.05, 0.1) is 5.69 Å². The molecule has 102 valence electrons. The van der Waals surface area contributed by atoms with Gasteiger partial charge in [-0.05, 0) is 30.9 Å². The lowest BCUT2D eigenvalue weighted by molar-refractivity contribution is 0.156. The van der Waals surface area contributed by atoms with Gasteiger partial charge in [0.15, 0.2) is 0 Å². The molecule has 3 heterocycles. The van der Waals surface area contributed by atoms with Crippen molar-refractivity contribution in [1.29, 1.82) is 0 Å². The van der Waals surface area contributed by atoms with E-state index in [-0.39, 0.29) is 0 Å². The van der Waals surface area contributed by atoms with Gasteiger partial charge in [-0.2, -0.15) is 0 Å². The maximum absolute atomic E-state index is 6.07. The second-order valence-corrected chi connectivity index (χ2v) is 5.82. The van der Waals surface area contributed by atoms with E-state index >= 15 is 0 Å². The number of aryl methyl sites for hydroxylation is 1. The van der Waals surface area contributed by atoms with E-state index in [4.69, 9.17) is 10.7 Å². The molecule has 0 radical (unpaired) electrons. The summed E-state index contributed by atoms with van der Waals surface area (Å²) in [7, 11) is 0. The van der Waals surface area contributed by atoms with Crippen LogP contribution in [0.4, 0.5) is 0 Å². The largest absolute Gasteiger partial charge is 0.327 e. The van der Waals surface area contributed by atoms with Crippen molar-refractivity contribution in [2.24, 2.45) is 11.7 Å². The monoisotopic (exact) mass is 258 g/mol. The van der Waals surface area contributed by atoms with Gasteiger partial charge in [-0.3, -0.25) is 4.90 Å². The summed E-state index contributed by atoms with van der Waals surface area (Å²) in [5.41, 5.74) is 9.51. The Bertz CT molecular complexity index is 575. The van der Waals surface area contributed by atoms with E-state index in [1.807, 2.05) is 0 Å². The van der Waals surface area contributed by atoms with E-state index in [0.717, 1.165) is 37.4 Å². The molecule has 2 aromatic rings. The van der Waals surface area contributed by atoms with Crippen LogP contribution < -0.4 is 5.73 Å². The number of hydrogen-bond acceptors (Lipinski definition) is 3. The fourth-order valence-electron chi connectivity index (χ4n) is 2.90. The summed E-state index contributed by atoms with van der Waals surface area (Å²) in [6.45, 7) is 7.43. The second-order valence-electron chi connectivity index (χ2n) is 5.82. The molecule has 19 heavy (non-hydrogen) atoms. The molecule has 1 aliphatic heterocycles. The fourth-order valence-corrected chi connectivity index (χ4v) is 2.90. The molecule has 0 bridgehead atoms.